The van der Waals surface area contributed by atoms with Crippen LogP contribution >= 0.6 is 15.9 Å². The molecular formula is C13H19BrN2. The number of rotatable bonds is 5. The third-order valence-corrected chi connectivity index (χ3v) is 3.83. The first-order valence-corrected chi connectivity index (χ1v) is 6.62. The van der Waals surface area contributed by atoms with Crippen LogP contribution in [0.15, 0.2) is 22.7 Å². The molecule has 3 heteroatoms. The summed E-state index contributed by atoms with van der Waals surface area (Å²) in [6.45, 7) is 1.97. The minimum Gasteiger partial charge on any atom is -0.316 e. The van der Waals surface area contributed by atoms with Gasteiger partial charge in [-0.2, -0.15) is 0 Å². The molecule has 1 aromatic rings. The summed E-state index contributed by atoms with van der Waals surface area (Å²) >= 11 is 3.66. The van der Waals surface area contributed by atoms with Gasteiger partial charge in [-0.05, 0) is 44.1 Å². The lowest BCUT2D eigenvalue weighted by atomic mass is 10.1. The van der Waals surface area contributed by atoms with Crippen LogP contribution < -0.4 is 5.32 Å². The third kappa shape index (κ3) is 3.06. The van der Waals surface area contributed by atoms with Crippen LogP contribution in [-0.2, 0) is 13.1 Å². The van der Waals surface area contributed by atoms with Crippen molar-refractivity contribution < 1.29 is 0 Å². The Kier molecular flexibility index (Phi) is 4.00. The van der Waals surface area contributed by atoms with Gasteiger partial charge in [0.2, 0.25) is 0 Å². The summed E-state index contributed by atoms with van der Waals surface area (Å²) < 4.78 is 1.23. The fourth-order valence-electron chi connectivity index (χ4n) is 1.95. The Morgan fingerprint density at radius 1 is 1.44 bits per heavy atom. The summed E-state index contributed by atoms with van der Waals surface area (Å²) in [4.78, 5) is 2.44. The molecule has 88 valence electrons. The van der Waals surface area contributed by atoms with E-state index in [-0.39, 0.29) is 0 Å². The summed E-state index contributed by atoms with van der Waals surface area (Å²) in [6, 6.07) is 7.48. The summed E-state index contributed by atoms with van der Waals surface area (Å²) in [5.41, 5.74) is 2.71. The molecule has 0 spiro atoms. The maximum Gasteiger partial charge on any atom is 0.0244 e. The van der Waals surface area contributed by atoms with Crippen LogP contribution in [0.5, 0.6) is 0 Å². The van der Waals surface area contributed by atoms with E-state index in [9.17, 15) is 0 Å². The van der Waals surface area contributed by atoms with E-state index < -0.39 is 0 Å². The molecule has 0 bridgehead atoms. The molecule has 0 aliphatic heterocycles. The molecule has 0 unspecified atom stereocenters. The van der Waals surface area contributed by atoms with Gasteiger partial charge in [-0.1, -0.05) is 28.1 Å². The molecule has 0 aromatic heterocycles. The van der Waals surface area contributed by atoms with Gasteiger partial charge in [0.05, 0.1) is 0 Å². The van der Waals surface area contributed by atoms with Gasteiger partial charge >= 0.3 is 0 Å². The van der Waals surface area contributed by atoms with Crippen molar-refractivity contribution in [3.05, 3.63) is 33.8 Å². The Balaban J connectivity index is 2.03. The highest BCUT2D eigenvalue weighted by atomic mass is 79.9. The monoisotopic (exact) mass is 282 g/mol. The summed E-state index contributed by atoms with van der Waals surface area (Å²) in [7, 11) is 4.19. The van der Waals surface area contributed by atoms with Crippen molar-refractivity contribution in [2.24, 2.45) is 0 Å². The van der Waals surface area contributed by atoms with Crippen molar-refractivity contribution >= 4 is 15.9 Å². The minimum absolute atomic E-state index is 0.823. The minimum atomic E-state index is 0.823. The fourth-order valence-corrected chi connectivity index (χ4v) is 2.50. The average molecular weight is 283 g/mol. The Bertz CT molecular complexity index is 361. The number of nitrogens with zero attached hydrogens (tertiary/aromatic N) is 1. The molecule has 1 fully saturated rings. The lowest BCUT2D eigenvalue weighted by Gasteiger charge is -2.17. The molecule has 0 saturated heterocycles. The molecule has 1 aliphatic rings. The molecule has 1 saturated carbocycles. The zero-order valence-corrected chi connectivity index (χ0v) is 11.5. The van der Waals surface area contributed by atoms with Crippen LogP contribution in [-0.4, -0.2) is 25.0 Å². The highest BCUT2D eigenvalue weighted by Gasteiger charge is 2.26. The zero-order chi connectivity index (χ0) is 11.5. The number of nitrogens with one attached hydrogen (secondary N) is 1. The summed E-state index contributed by atoms with van der Waals surface area (Å²) in [5, 5.41) is 3.17. The van der Waals surface area contributed by atoms with E-state index in [0.717, 1.165) is 19.1 Å². The van der Waals surface area contributed by atoms with E-state index in [1.54, 1.807) is 0 Å². The highest BCUT2D eigenvalue weighted by molar-refractivity contribution is 9.10. The second-order valence-corrected chi connectivity index (χ2v) is 5.46. The molecule has 0 radical (unpaired) electrons. The van der Waals surface area contributed by atoms with E-state index in [0.29, 0.717) is 0 Å². The number of hydrogen-bond acceptors (Lipinski definition) is 2. The molecule has 0 atom stereocenters. The van der Waals surface area contributed by atoms with Crippen molar-refractivity contribution in [3.8, 4) is 0 Å². The van der Waals surface area contributed by atoms with Gasteiger partial charge in [-0.25, -0.2) is 0 Å². The fraction of sp³-hybridized carbons (Fsp3) is 0.538. The van der Waals surface area contributed by atoms with Crippen LogP contribution in [0, 0.1) is 0 Å². The van der Waals surface area contributed by atoms with Gasteiger partial charge in [0.25, 0.3) is 0 Å². The molecule has 0 amide bonds. The highest BCUT2D eigenvalue weighted by Crippen LogP contribution is 2.28. The predicted molar refractivity (Wildman–Crippen MR) is 71.4 cm³/mol. The van der Waals surface area contributed by atoms with Crippen molar-refractivity contribution in [3.63, 3.8) is 0 Å². The molecule has 1 N–H and O–H groups in total. The van der Waals surface area contributed by atoms with Gasteiger partial charge < -0.3 is 5.32 Å². The lowest BCUT2D eigenvalue weighted by molar-refractivity contribution is 0.316. The van der Waals surface area contributed by atoms with E-state index in [2.05, 4.69) is 51.4 Å². The Morgan fingerprint density at radius 3 is 2.75 bits per heavy atom. The van der Waals surface area contributed by atoms with Crippen molar-refractivity contribution in [2.45, 2.75) is 32.0 Å². The van der Waals surface area contributed by atoms with Crippen molar-refractivity contribution in [1.29, 1.82) is 0 Å². The Labute approximate surface area is 106 Å². The first kappa shape index (κ1) is 12.1. The average Bonchev–Trinajstić information content (AvgIpc) is 3.06. The molecule has 2 nitrogen and oxygen atoms in total. The molecule has 16 heavy (non-hydrogen) atoms. The summed E-state index contributed by atoms with van der Waals surface area (Å²) in [6.07, 6.45) is 2.73. The second kappa shape index (κ2) is 5.30. The van der Waals surface area contributed by atoms with Gasteiger partial charge in [0.15, 0.2) is 0 Å². The first-order valence-electron chi connectivity index (χ1n) is 5.83. The van der Waals surface area contributed by atoms with Gasteiger partial charge in [-0.3, -0.25) is 4.90 Å². The molecule has 1 aliphatic carbocycles. The molecular weight excluding hydrogens is 264 g/mol. The van der Waals surface area contributed by atoms with Gasteiger partial charge in [0, 0.05) is 23.6 Å². The third-order valence-electron chi connectivity index (χ3n) is 3.09. The zero-order valence-electron chi connectivity index (χ0n) is 9.96. The van der Waals surface area contributed by atoms with Crippen LogP contribution in [0.4, 0.5) is 0 Å². The largest absolute Gasteiger partial charge is 0.316 e. The van der Waals surface area contributed by atoms with E-state index in [4.69, 9.17) is 0 Å². The van der Waals surface area contributed by atoms with Crippen molar-refractivity contribution in [1.82, 2.24) is 10.2 Å². The van der Waals surface area contributed by atoms with E-state index in [1.807, 2.05) is 7.05 Å². The second-order valence-electron chi connectivity index (χ2n) is 4.60. The number of halogens is 1. The summed E-state index contributed by atoms with van der Waals surface area (Å²) in [5.74, 6) is 0. The van der Waals surface area contributed by atoms with Crippen molar-refractivity contribution in [2.75, 3.05) is 14.1 Å². The standard InChI is InChI=1S/C13H19BrN2/c1-15-8-10-3-4-11(13(14)7-10)9-16(2)12-5-6-12/h3-4,7,12,15H,5-6,8-9H2,1-2H3. The normalized spacial score (nSPS) is 15.8. The van der Waals surface area contributed by atoms with Crippen LogP contribution in [0.3, 0.4) is 0 Å². The van der Waals surface area contributed by atoms with Crippen LogP contribution in [0.2, 0.25) is 0 Å². The molecule has 1 aromatic carbocycles. The first-order chi connectivity index (χ1) is 7.70. The molecule has 0 heterocycles. The lowest BCUT2D eigenvalue weighted by Crippen LogP contribution is -2.20. The number of hydrogen-bond donors (Lipinski definition) is 1. The van der Waals surface area contributed by atoms with Crippen LogP contribution in [0.1, 0.15) is 24.0 Å². The van der Waals surface area contributed by atoms with Gasteiger partial charge in [-0.15, -0.1) is 0 Å². The van der Waals surface area contributed by atoms with Crippen LogP contribution in [0.25, 0.3) is 0 Å². The number of benzene rings is 1. The van der Waals surface area contributed by atoms with E-state index in [1.165, 1.54) is 28.4 Å². The Hall–Kier alpha value is -0.380. The SMILES string of the molecule is CNCc1ccc(CN(C)C2CC2)c(Br)c1. The maximum absolute atomic E-state index is 3.66. The smallest absolute Gasteiger partial charge is 0.0244 e. The topological polar surface area (TPSA) is 15.3 Å². The predicted octanol–water partition coefficient (Wildman–Crippen LogP) is 2.76. The molecule has 2 rings (SSSR count). The van der Waals surface area contributed by atoms with Gasteiger partial charge in [0.1, 0.15) is 0 Å². The Morgan fingerprint density at radius 2 is 2.19 bits per heavy atom. The van der Waals surface area contributed by atoms with E-state index >= 15 is 0 Å². The quantitative estimate of drug-likeness (QED) is 0.894. The maximum atomic E-state index is 3.66.